The van der Waals surface area contributed by atoms with E-state index in [0.717, 1.165) is 11.3 Å². The van der Waals surface area contributed by atoms with Crippen LogP contribution in [0.25, 0.3) is 0 Å². The maximum atomic E-state index is 11.2. The Morgan fingerprint density at radius 1 is 1.64 bits per heavy atom. The molecule has 0 bridgehead atoms. The largest absolute Gasteiger partial charge is 0.465 e. The summed E-state index contributed by atoms with van der Waals surface area (Å²) in [4.78, 5) is 11.2. The molecule has 1 unspecified atom stereocenters. The smallest absolute Gasteiger partial charge is 0.347 e. The van der Waals surface area contributed by atoms with Crippen LogP contribution in [0.1, 0.15) is 13.8 Å². The van der Waals surface area contributed by atoms with Crippen LogP contribution in [0, 0.1) is 5.41 Å². The minimum absolute atomic E-state index is 0.138. The number of carbonyl (C=O) groups is 1. The molecule has 0 heterocycles. The van der Waals surface area contributed by atoms with Gasteiger partial charge in [-0.1, -0.05) is 0 Å². The molecule has 0 fully saturated rings. The van der Waals surface area contributed by atoms with Crippen molar-refractivity contribution >= 4 is 22.7 Å². The quantitative estimate of drug-likeness (QED) is 0.253. The molecule has 0 radical (unpaired) electrons. The second-order valence-corrected chi connectivity index (χ2v) is 4.97. The Labute approximate surface area is 87.7 Å². The summed E-state index contributed by atoms with van der Waals surface area (Å²) in [7, 11) is 1.44. The molecule has 0 aromatic heterocycles. The fourth-order valence-corrected chi connectivity index (χ4v) is 1.74. The average Bonchev–Trinajstić information content (AvgIpc) is 2.18. The van der Waals surface area contributed by atoms with Gasteiger partial charge in [0.05, 0.1) is 7.11 Å². The number of nitrogens with one attached hydrogen (secondary N) is 1. The molecule has 1 N–H and O–H groups in total. The Balaban J connectivity index is 4.81. The summed E-state index contributed by atoms with van der Waals surface area (Å²) in [5.41, 5.74) is 0.972. The summed E-state index contributed by atoms with van der Waals surface area (Å²) < 4.78 is 4.54. The highest BCUT2D eigenvalue weighted by atomic mass is 32.2. The topological polar surface area (TPSA) is 50.2 Å². The van der Waals surface area contributed by atoms with Gasteiger partial charge in [-0.15, -0.1) is 0 Å². The third-order valence-corrected chi connectivity index (χ3v) is 3.41. The predicted octanol–water partition coefficient (Wildman–Crippen LogP) is 1.51. The van der Waals surface area contributed by atoms with Crippen LogP contribution in [0.2, 0.25) is 0 Å². The van der Waals surface area contributed by atoms with Crippen LogP contribution in [-0.2, 0) is 20.4 Å². The van der Waals surface area contributed by atoms with Crippen molar-refractivity contribution in [3.8, 4) is 0 Å². The van der Waals surface area contributed by atoms with Gasteiger partial charge in [0, 0.05) is 16.5 Å². The molecule has 0 rings (SSSR count). The Kier molecular flexibility index (Phi) is 6.00. The molecule has 0 aliphatic carbocycles. The van der Waals surface area contributed by atoms with E-state index in [4.69, 9.17) is 5.41 Å². The lowest BCUT2D eigenvalue weighted by atomic mass is 10.1. The summed E-state index contributed by atoms with van der Waals surface area (Å²) in [6.45, 7) is 3.88. The van der Waals surface area contributed by atoms with E-state index >= 15 is 0 Å². The van der Waals surface area contributed by atoms with Crippen molar-refractivity contribution in [1.82, 2.24) is 0 Å². The second kappa shape index (κ2) is 6.46. The molecule has 3 nitrogen and oxygen atoms in total. The van der Waals surface area contributed by atoms with E-state index in [1.165, 1.54) is 7.11 Å². The Morgan fingerprint density at radius 3 is 2.57 bits per heavy atom. The molecule has 1 atom stereocenters. The Morgan fingerprint density at radius 2 is 2.21 bits per heavy atom. The molecule has 0 amide bonds. The zero-order chi connectivity index (χ0) is 11.1. The fraction of sp³-hybridized carbons (Fsp3) is 0.500. The number of hydrogen-bond acceptors (Lipinski definition) is 3. The van der Waals surface area contributed by atoms with Crippen molar-refractivity contribution in [2.45, 2.75) is 13.8 Å². The lowest BCUT2D eigenvalue weighted by Crippen LogP contribution is -2.08. The molecule has 78 valence electrons. The summed E-state index contributed by atoms with van der Waals surface area (Å²) in [6, 6.07) is 0. The van der Waals surface area contributed by atoms with E-state index < -0.39 is 5.97 Å². The maximum Gasteiger partial charge on any atom is 0.347 e. The van der Waals surface area contributed by atoms with Crippen LogP contribution in [-0.4, -0.2) is 31.0 Å². The van der Waals surface area contributed by atoms with Crippen molar-refractivity contribution in [2.75, 3.05) is 19.1 Å². The van der Waals surface area contributed by atoms with Crippen molar-refractivity contribution in [2.24, 2.45) is 0 Å². The van der Waals surface area contributed by atoms with Crippen LogP contribution in [0.3, 0.4) is 0 Å². The number of carbonyl (C=O) groups excluding carboxylic acids is 1. The average molecular weight is 214 g/mol. The normalized spacial score (nSPS) is 13.0. The first-order chi connectivity index (χ1) is 6.56. The third kappa shape index (κ3) is 3.81. The van der Waals surface area contributed by atoms with Gasteiger partial charge < -0.3 is 4.74 Å². The van der Waals surface area contributed by atoms with Crippen LogP contribution in [0.5, 0.6) is 0 Å². The number of esters is 1. The fourth-order valence-electron chi connectivity index (χ4n) is 0.857. The van der Waals surface area contributed by atoms with Gasteiger partial charge in [0.15, 0.2) is 0 Å². The molecule has 0 saturated carbocycles. The highest BCUT2D eigenvalue weighted by Gasteiger charge is 2.15. The third-order valence-electron chi connectivity index (χ3n) is 1.74. The SMILES string of the molecule is CC[S+](C)/C=C(\C)C(=C=N)C(=O)OC. The van der Waals surface area contributed by atoms with Gasteiger partial charge in [0.25, 0.3) is 0 Å². The number of methoxy groups -OCH3 is 1. The highest BCUT2D eigenvalue weighted by molar-refractivity contribution is 7.98. The first-order valence-corrected chi connectivity index (χ1v) is 6.11. The summed E-state index contributed by atoms with van der Waals surface area (Å²) in [5.74, 6) is 2.64. The van der Waals surface area contributed by atoms with Gasteiger partial charge in [0.2, 0.25) is 0 Å². The molecule has 14 heavy (non-hydrogen) atoms. The lowest BCUT2D eigenvalue weighted by Gasteiger charge is -2.01. The molecule has 4 heteroatoms. The molecule has 0 aliphatic heterocycles. The molecule has 0 spiro atoms. The first-order valence-electron chi connectivity index (χ1n) is 4.24. The zero-order valence-electron chi connectivity index (χ0n) is 9.01. The summed E-state index contributed by atoms with van der Waals surface area (Å²) in [5, 5.41) is 8.98. The molecule has 0 aromatic carbocycles. The summed E-state index contributed by atoms with van der Waals surface area (Å²) in [6.07, 6.45) is 2.09. The molecule has 0 aliphatic rings. The molecule has 0 saturated heterocycles. The molecule has 0 aromatic rings. The van der Waals surface area contributed by atoms with Crippen molar-refractivity contribution in [3.05, 3.63) is 16.6 Å². The van der Waals surface area contributed by atoms with Gasteiger partial charge in [-0.3, -0.25) is 5.41 Å². The van der Waals surface area contributed by atoms with Crippen molar-refractivity contribution < 1.29 is 9.53 Å². The van der Waals surface area contributed by atoms with E-state index in [1.807, 2.05) is 5.41 Å². The molecular formula is C10H16NO2S+. The minimum Gasteiger partial charge on any atom is -0.465 e. The lowest BCUT2D eigenvalue weighted by molar-refractivity contribution is -0.135. The van der Waals surface area contributed by atoms with E-state index in [-0.39, 0.29) is 16.5 Å². The van der Waals surface area contributed by atoms with Crippen LogP contribution in [0.15, 0.2) is 16.6 Å². The number of hydrogen-bond donors (Lipinski definition) is 1. The Hall–Kier alpha value is -0.990. The van der Waals surface area contributed by atoms with Crippen molar-refractivity contribution in [1.29, 1.82) is 5.41 Å². The van der Waals surface area contributed by atoms with Crippen LogP contribution in [0.4, 0.5) is 0 Å². The highest BCUT2D eigenvalue weighted by Crippen LogP contribution is 2.10. The van der Waals surface area contributed by atoms with Crippen molar-refractivity contribution in [3.63, 3.8) is 0 Å². The van der Waals surface area contributed by atoms with Gasteiger partial charge in [-0.2, -0.15) is 0 Å². The minimum atomic E-state index is -0.498. The number of rotatable bonds is 4. The van der Waals surface area contributed by atoms with E-state index in [9.17, 15) is 4.79 Å². The van der Waals surface area contributed by atoms with Gasteiger partial charge in [0.1, 0.15) is 23.0 Å². The van der Waals surface area contributed by atoms with Crippen LogP contribution >= 0.6 is 0 Å². The first kappa shape index (κ1) is 13.0. The van der Waals surface area contributed by atoms with Gasteiger partial charge >= 0.3 is 5.97 Å². The van der Waals surface area contributed by atoms with Crippen LogP contribution < -0.4 is 0 Å². The number of ether oxygens (including phenoxy) is 1. The zero-order valence-corrected chi connectivity index (χ0v) is 9.83. The Bertz CT molecular complexity index is 290. The monoisotopic (exact) mass is 214 g/mol. The van der Waals surface area contributed by atoms with E-state index in [2.05, 4.69) is 23.8 Å². The van der Waals surface area contributed by atoms with E-state index in [0.29, 0.717) is 0 Å². The van der Waals surface area contributed by atoms with Gasteiger partial charge in [-0.25, -0.2) is 4.79 Å². The standard InChI is InChI=1S/C10H16NO2S/c1-5-14(4)7-8(2)9(6-11)10(12)13-3/h7,11H,5H2,1-4H3/q+1/b8-7+. The maximum absolute atomic E-state index is 11.2. The van der Waals surface area contributed by atoms with E-state index in [1.54, 1.807) is 6.92 Å². The van der Waals surface area contributed by atoms with Gasteiger partial charge in [-0.05, 0) is 19.7 Å². The summed E-state index contributed by atoms with van der Waals surface area (Å²) >= 11 is 0. The predicted molar refractivity (Wildman–Crippen MR) is 60.8 cm³/mol. The second-order valence-electron chi connectivity index (χ2n) is 2.77. The molecular weight excluding hydrogens is 198 g/mol.